The Labute approximate surface area is 170 Å². The van der Waals surface area contributed by atoms with Crippen LogP contribution in [0.1, 0.15) is 29.7 Å². The van der Waals surface area contributed by atoms with Gasteiger partial charge in [-0.3, -0.25) is 4.79 Å². The summed E-state index contributed by atoms with van der Waals surface area (Å²) in [7, 11) is 0. The smallest absolute Gasteiger partial charge is 0.288 e. The lowest BCUT2D eigenvalue weighted by atomic mass is 9.92. The molecule has 0 amide bonds. The molecule has 0 bridgehead atoms. The number of H-pyrrole nitrogens is 1. The highest BCUT2D eigenvalue weighted by Crippen LogP contribution is 2.41. The van der Waals surface area contributed by atoms with E-state index in [1.165, 1.54) is 5.56 Å². The zero-order valence-corrected chi connectivity index (χ0v) is 16.2. The van der Waals surface area contributed by atoms with Crippen molar-refractivity contribution in [1.82, 2.24) is 30.4 Å². The van der Waals surface area contributed by atoms with Crippen LogP contribution in [-0.4, -0.2) is 30.4 Å². The molecule has 0 fully saturated rings. The second-order valence-corrected chi connectivity index (χ2v) is 7.20. The Bertz CT molecular complexity index is 1250. The van der Waals surface area contributed by atoms with Crippen molar-refractivity contribution in [1.29, 1.82) is 0 Å². The monoisotopic (exact) mass is 405 g/mol. The topological polar surface area (TPSA) is 101 Å². The van der Waals surface area contributed by atoms with Crippen molar-refractivity contribution < 1.29 is 0 Å². The molecule has 9 heteroatoms. The predicted octanol–water partition coefficient (Wildman–Crippen LogP) is 3.33. The minimum Gasteiger partial charge on any atom is -0.318 e. The molecule has 1 atom stereocenters. The SMILES string of the molecule is CCc1ccc([C@@H]2c3c(-c4ccc(Cl)cc4)n[nH]c(=O)c3Nc3nnnn32)cc1. The maximum atomic E-state index is 12.6. The average Bonchev–Trinajstić information content (AvgIpc) is 3.22. The number of nitrogens with one attached hydrogen (secondary N) is 2. The number of hydrogen-bond donors (Lipinski definition) is 2. The number of halogens is 1. The summed E-state index contributed by atoms with van der Waals surface area (Å²) in [6.45, 7) is 2.11. The molecule has 2 aromatic heterocycles. The van der Waals surface area contributed by atoms with Gasteiger partial charge in [0.2, 0.25) is 5.95 Å². The summed E-state index contributed by atoms with van der Waals surface area (Å²) in [6, 6.07) is 15.1. The molecule has 2 N–H and O–H groups in total. The van der Waals surface area contributed by atoms with Gasteiger partial charge in [-0.2, -0.15) is 9.78 Å². The van der Waals surface area contributed by atoms with Gasteiger partial charge >= 0.3 is 0 Å². The van der Waals surface area contributed by atoms with Crippen LogP contribution in [-0.2, 0) is 6.42 Å². The minimum absolute atomic E-state index is 0.331. The summed E-state index contributed by atoms with van der Waals surface area (Å²) in [5, 5.41) is 22.6. The molecular formula is C20H16ClN7O. The van der Waals surface area contributed by atoms with Crippen LogP contribution in [0.4, 0.5) is 11.6 Å². The van der Waals surface area contributed by atoms with Gasteiger partial charge in [0.1, 0.15) is 11.7 Å². The molecule has 1 aliphatic heterocycles. The van der Waals surface area contributed by atoms with Gasteiger partial charge in [0.25, 0.3) is 5.56 Å². The van der Waals surface area contributed by atoms with Crippen LogP contribution in [0.3, 0.4) is 0 Å². The van der Waals surface area contributed by atoms with Crippen molar-refractivity contribution in [3.05, 3.63) is 80.6 Å². The van der Waals surface area contributed by atoms with Gasteiger partial charge in [-0.15, -0.1) is 0 Å². The normalized spacial score (nSPS) is 14.8. The molecule has 0 spiro atoms. The highest BCUT2D eigenvalue weighted by Gasteiger charge is 2.34. The molecule has 1 aliphatic rings. The zero-order chi connectivity index (χ0) is 20.0. The van der Waals surface area contributed by atoms with Crippen LogP contribution < -0.4 is 10.9 Å². The Kier molecular flexibility index (Phi) is 4.13. The van der Waals surface area contributed by atoms with Crippen molar-refractivity contribution in [2.75, 3.05) is 5.32 Å². The summed E-state index contributed by atoms with van der Waals surface area (Å²) in [6.07, 6.45) is 0.941. The third-order valence-corrected chi connectivity index (χ3v) is 5.34. The van der Waals surface area contributed by atoms with Crippen molar-refractivity contribution in [2.24, 2.45) is 0 Å². The first kappa shape index (κ1) is 17.6. The largest absolute Gasteiger partial charge is 0.318 e. The fourth-order valence-electron chi connectivity index (χ4n) is 3.61. The molecular weight excluding hydrogens is 390 g/mol. The predicted molar refractivity (Wildman–Crippen MR) is 109 cm³/mol. The van der Waals surface area contributed by atoms with Crippen molar-refractivity contribution in [3.63, 3.8) is 0 Å². The molecule has 0 radical (unpaired) electrons. The van der Waals surface area contributed by atoms with E-state index in [0.717, 1.165) is 17.5 Å². The second-order valence-electron chi connectivity index (χ2n) is 6.77. The number of rotatable bonds is 3. The summed E-state index contributed by atoms with van der Waals surface area (Å²) >= 11 is 6.05. The van der Waals surface area contributed by atoms with Gasteiger partial charge in [-0.05, 0) is 40.1 Å². The Morgan fingerprint density at radius 1 is 1.10 bits per heavy atom. The van der Waals surface area contributed by atoms with E-state index in [9.17, 15) is 4.79 Å². The molecule has 0 saturated carbocycles. The first-order chi connectivity index (χ1) is 14.2. The molecule has 144 valence electrons. The molecule has 4 aromatic rings. The van der Waals surface area contributed by atoms with E-state index in [2.05, 4.69) is 50.1 Å². The molecule has 0 unspecified atom stereocenters. The Morgan fingerprint density at radius 2 is 1.86 bits per heavy atom. The van der Waals surface area contributed by atoms with Gasteiger partial charge in [-0.1, -0.05) is 60.0 Å². The van der Waals surface area contributed by atoms with E-state index in [-0.39, 0.29) is 5.56 Å². The summed E-state index contributed by atoms with van der Waals surface area (Å²) in [5.41, 5.74) is 4.41. The fourth-order valence-corrected chi connectivity index (χ4v) is 3.74. The number of aryl methyl sites for hydroxylation is 1. The maximum Gasteiger partial charge on any atom is 0.288 e. The number of aromatic nitrogens is 6. The number of hydrogen-bond acceptors (Lipinski definition) is 6. The second kappa shape index (κ2) is 6.82. The number of benzene rings is 2. The van der Waals surface area contributed by atoms with Crippen LogP contribution in [0.2, 0.25) is 5.02 Å². The third-order valence-electron chi connectivity index (χ3n) is 5.09. The van der Waals surface area contributed by atoms with Gasteiger partial charge < -0.3 is 5.32 Å². The van der Waals surface area contributed by atoms with E-state index in [0.29, 0.717) is 27.9 Å². The highest BCUT2D eigenvalue weighted by molar-refractivity contribution is 6.30. The van der Waals surface area contributed by atoms with Crippen molar-refractivity contribution >= 4 is 23.2 Å². The number of anilines is 2. The quantitative estimate of drug-likeness (QED) is 0.477. The summed E-state index contributed by atoms with van der Waals surface area (Å²) in [5.74, 6) is 0.404. The lowest BCUT2D eigenvalue weighted by molar-refractivity contribution is 0.567. The summed E-state index contributed by atoms with van der Waals surface area (Å²) < 4.78 is 1.67. The molecule has 8 nitrogen and oxygen atoms in total. The minimum atomic E-state index is -0.400. The molecule has 0 aliphatic carbocycles. The lowest BCUT2D eigenvalue weighted by Crippen LogP contribution is -2.29. The number of tetrazole rings is 1. The molecule has 29 heavy (non-hydrogen) atoms. The van der Waals surface area contributed by atoms with Crippen LogP contribution in [0.5, 0.6) is 0 Å². The molecule has 5 rings (SSSR count). The van der Waals surface area contributed by atoms with E-state index in [4.69, 9.17) is 11.6 Å². The standard InChI is InChI=1S/C20H16ClN7O/c1-2-11-3-5-13(6-4-11)18-15-16(12-7-9-14(21)10-8-12)23-24-19(29)17(15)22-20-25-26-27-28(18)20/h3-10,18H,2H2,1H3,(H,24,29)(H,22,25,27)/t18-/m1/s1. The Morgan fingerprint density at radius 3 is 2.59 bits per heavy atom. The lowest BCUT2D eigenvalue weighted by Gasteiger charge is -2.28. The zero-order valence-electron chi connectivity index (χ0n) is 15.4. The average molecular weight is 406 g/mol. The van der Waals surface area contributed by atoms with Crippen molar-refractivity contribution in [2.45, 2.75) is 19.4 Å². The number of aromatic amines is 1. The first-order valence-corrected chi connectivity index (χ1v) is 9.55. The van der Waals surface area contributed by atoms with Gasteiger partial charge in [-0.25, -0.2) is 5.10 Å². The van der Waals surface area contributed by atoms with Crippen molar-refractivity contribution in [3.8, 4) is 11.3 Å². The van der Waals surface area contributed by atoms with Crippen LogP contribution in [0, 0.1) is 0 Å². The Hall–Kier alpha value is -3.52. The van der Waals surface area contributed by atoms with Gasteiger partial charge in [0.15, 0.2) is 0 Å². The maximum absolute atomic E-state index is 12.6. The summed E-state index contributed by atoms with van der Waals surface area (Å²) in [4.78, 5) is 12.6. The molecule has 0 saturated heterocycles. The van der Waals surface area contributed by atoms with E-state index < -0.39 is 6.04 Å². The van der Waals surface area contributed by atoms with E-state index in [1.807, 2.05) is 24.3 Å². The van der Waals surface area contributed by atoms with Crippen LogP contribution >= 0.6 is 11.6 Å². The molecule has 2 aromatic carbocycles. The van der Waals surface area contributed by atoms with E-state index >= 15 is 0 Å². The number of nitrogens with zero attached hydrogens (tertiary/aromatic N) is 5. The first-order valence-electron chi connectivity index (χ1n) is 9.18. The van der Waals surface area contributed by atoms with Crippen LogP contribution in [0.25, 0.3) is 11.3 Å². The van der Waals surface area contributed by atoms with Gasteiger partial charge in [0.05, 0.1) is 5.69 Å². The number of fused-ring (bicyclic) bond motifs is 2. The highest BCUT2D eigenvalue weighted by atomic mass is 35.5. The van der Waals surface area contributed by atoms with Crippen LogP contribution in [0.15, 0.2) is 53.3 Å². The van der Waals surface area contributed by atoms with Gasteiger partial charge in [0, 0.05) is 16.1 Å². The third kappa shape index (κ3) is 2.89. The van der Waals surface area contributed by atoms with E-state index in [1.54, 1.807) is 16.8 Å². The molecule has 3 heterocycles. The fraction of sp³-hybridized carbons (Fsp3) is 0.150. The Balaban J connectivity index is 1.78.